The van der Waals surface area contributed by atoms with Crippen LogP contribution < -0.4 is 0 Å². The zero-order valence-electron chi connectivity index (χ0n) is 11.6. The van der Waals surface area contributed by atoms with Crippen LogP contribution in [-0.4, -0.2) is 18.0 Å². The fraction of sp³-hybridized carbons (Fsp3) is 0.333. The van der Waals surface area contributed by atoms with Crippen molar-refractivity contribution < 1.29 is 0 Å². The van der Waals surface area contributed by atoms with Gasteiger partial charge in [-0.05, 0) is 47.4 Å². The smallest absolute Gasteiger partial charge is 0.0488 e. The number of hydrogen-bond donors (Lipinski definition) is 0. The Morgan fingerprint density at radius 2 is 1.56 bits per heavy atom. The van der Waals surface area contributed by atoms with Gasteiger partial charge in [-0.2, -0.15) is 0 Å². The quantitative estimate of drug-likeness (QED) is 0.779. The van der Waals surface area contributed by atoms with E-state index in [0.29, 0.717) is 0 Å². The van der Waals surface area contributed by atoms with Crippen LogP contribution in [0.5, 0.6) is 0 Å². The van der Waals surface area contributed by atoms with Crippen LogP contribution in [-0.2, 0) is 6.04 Å². The third-order valence-corrected chi connectivity index (χ3v) is 4.38. The summed E-state index contributed by atoms with van der Waals surface area (Å²) in [5.41, 5.74) is 5.18. The Hall–Kier alpha value is -1.48. The van der Waals surface area contributed by atoms with Crippen molar-refractivity contribution in [1.29, 1.82) is 0 Å². The molecule has 94 valence electrons. The SMILES string of the molecule is Cc1cnccc1-c1ccncc1C[Si](C)(C)C. The minimum Gasteiger partial charge on any atom is -0.264 e. The van der Waals surface area contributed by atoms with Gasteiger partial charge in [0, 0.05) is 32.9 Å². The van der Waals surface area contributed by atoms with Crippen molar-refractivity contribution in [1.82, 2.24) is 9.97 Å². The monoisotopic (exact) mass is 256 g/mol. The largest absolute Gasteiger partial charge is 0.264 e. The average molecular weight is 256 g/mol. The van der Waals surface area contributed by atoms with E-state index < -0.39 is 8.07 Å². The summed E-state index contributed by atoms with van der Waals surface area (Å²) in [6.45, 7) is 9.29. The Bertz CT molecular complexity index is 544. The van der Waals surface area contributed by atoms with Crippen molar-refractivity contribution in [2.45, 2.75) is 32.6 Å². The number of aryl methyl sites for hydroxylation is 1. The highest BCUT2D eigenvalue weighted by Crippen LogP contribution is 2.27. The van der Waals surface area contributed by atoms with Gasteiger partial charge in [0.05, 0.1) is 0 Å². The number of nitrogens with zero attached hydrogens (tertiary/aromatic N) is 2. The molecule has 0 fully saturated rings. The number of hydrogen-bond acceptors (Lipinski definition) is 2. The molecule has 0 saturated carbocycles. The first-order valence-electron chi connectivity index (χ1n) is 6.31. The molecule has 18 heavy (non-hydrogen) atoms. The van der Waals surface area contributed by atoms with Gasteiger partial charge in [0.2, 0.25) is 0 Å². The summed E-state index contributed by atoms with van der Waals surface area (Å²) in [4.78, 5) is 8.46. The minimum absolute atomic E-state index is 1.14. The number of pyridine rings is 2. The van der Waals surface area contributed by atoms with E-state index in [4.69, 9.17) is 0 Å². The lowest BCUT2D eigenvalue weighted by atomic mass is 10.0. The zero-order chi connectivity index (χ0) is 13.2. The lowest BCUT2D eigenvalue weighted by Gasteiger charge is -2.18. The molecule has 0 bridgehead atoms. The third kappa shape index (κ3) is 3.04. The lowest BCUT2D eigenvalue weighted by Crippen LogP contribution is -2.24. The summed E-state index contributed by atoms with van der Waals surface area (Å²) in [5.74, 6) is 0. The maximum Gasteiger partial charge on any atom is 0.0488 e. The summed E-state index contributed by atoms with van der Waals surface area (Å²) in [6, 6.07) is 5.38. The molecular weight excluding hydrogens is 236 g/mol. The van der Waals surface area contributed by atoms with Gasteiger partial charge in [0.25, 0.3) is 0 Å². The summed E-state index contributed by atoms with van der Waals surface area (Å²) in [5, 5.41) is 0. The standard InChI is InChI=1S/C15H20N2Si/c1-12-9-16-7-5-14(12)15-6-8-17-10-13(15)11-18(2,3)4/h5-10H,11H2,1-4H3. The Morgan fingerprint density at radius 1 is 0.944 bits per heavy atom. The van der Waals surface area contributed by atoms with E-state index in [0.717, 1.165) is 6.04 Å². The van der Waals surface area contributed by atoms with Crippen LogP contribution in [0.15, 0.2) is 36.9 Å². The molecule has 0 aliphatic rings. The minimum atomic E-state index is -1.14. The first-order valence-corrected chi connectivity index (χ1v) is 10.0. The van der Waals surface area contributed by atoms with Crippen molar-refractivity contribution in [3.63, 3.8) is 0 Å². The van der Waals surface area contributed by atoms with E-state index >= 15 is 0 Å². The Morgan fingerprint density at radius 3 is 2.17 bits per heavy atom. The van der Waals surface area contributed by atoms with Crippen molar-refractivity contribution >= 4 is 8.07 Å². The number of rotatable bonds is 3. The summed E-state index contributed by atoms with van der Waals surface area (Å²) in [7, 11) is -1.14. The predicted octanol–water partition coefficient (Wildman–Crippen LogP) is 3.87. The van der Waals surface area contributed by atoms with E-state index in [1.807, 2.05) is 24.8 Å². The van der Waals surface area contributed by atoms with E-state index in [1.54, 1.807) is 0 Å². The van der Waals surface area contributed by atoms with Crippen LogP contribution in [0.1, 0.15) is 11.1 Å². The average Bonchev–Trinajstić information content (AvgIpc) is 2.29. The molecule has 3 heteroatoms. The summed E-state index contributed by atoms with van der Waals surface area (Å²) in [6.07, 6.45) is 7.69. The second-order valence-corrected chi connectivity index (χ2v) is 11.4. The molecule has 2 heterocycles. The van der Waals surface area contributed by atoms with E-state index in [2.05, 4.69) is 48.7 Å². The van der Waals surface area contributed by atoms with Gasteiger partial charge in [-0.3, -0.25) is 9.97 Å². The zero-order valence-corrected chi connectivity index (χ0v) is 12.6. The lowest BCUT2D eigenvalue weighted by molar-refractivity contribution is 1.20. The molecule has 0 aliphatic heterocycles. The molecular formula is C15H20N2Si. The van der Waals surface area contributed by atoms with Crippen molar-refractivity contribution in [3.8, 4) is 11.1 Å². The molecule has 0 aromatic carbocycles. The van der Waals surface area contributed by atoms with Crippen LogP contribution in [0.3, 0.4) is 0 Å². The van der Waals surface area contributed by atoms with Gasteiger partial charge < -0.3 is 0 Å². The van der Waals surface area contributed by atoms with Crippen molar-refractivity contribution in [2.24, 2.45) is 0 Å². The molecule has 2 aromatic heterocycles. The van der Waals surface area contributed by atoms with Crippen molar-refractivity contribution in [3.05, 3.63) is 48.0 Å². The fourth-order valence-corrected chi connectivity index (χ4v) is 3.60. The maximum absolute atomic E-state index is 4.29. The molecule has 0 radical (unpaired) electrons. The Balaban J connectivity index is 2.49. The Kier molecular flexibility index (Phi) is 3.62. The van der Waals surface area contributed by atoms with E-state index in [1.165, 1.54) is 22.3 Å². The summed E-state index contributed by atoms with van der Waals surface area (Å²) >= 11 is 0. The third-order valence-electron chi connectivity index (χ3n) is 2.93. The molecule has 0 N–H and O–H groups in total. The van der Waals surface area contributed by atoms with Gasteiger partial charge >= 0.3 is 0 Å². The summed E-state index contributed by atoms with van der Waals surface area (Å²) < 4.78 is 0. The first kappa shape index (κ1) is 13.0. The number of aromatic nitrogens is 2. The fourth-order valence-electron chi connectivity index (χ4n) is 2.18. The van der Waals surface area contributed by atoms with Crippen LogP contribution in [0.2, 0.25) is 19.6 Å². The molecule has 0 amide bonds. The molecule has 0 aliphatic carbocycles. The van der Waals surface area contributed by atoms with Crippen LogP contribution in [0.4, 0.5) is 0 Å². The van der Waals surface area contributed by atoms with Gasteiger partial charge in [-0.15, -0.1) is 0 Å². The maximum atomic E-state index is 4.29. The highest BCUT2D eigenvalue weighted by atomic mass is 28.3. The van der Waals surface area contributed by atoms with Crippen LogP contribution in [0.25, 0.3) is 11.1 Å². The second-order valence-electron chi connectivity index (χ2n) is 5.96. The first-order chi connectivity index (χ1) is 8.47. The highest BCUT2D eigenvalue weighted by molar-refractivity contribution is 6.75. The normalized spacial score (nSPS) is 11.6. The van der Waals surface area contributed by atoms with Crippen LogP contribution in [0, 0.1) is 6.92 Å². The van der Waals surface area contributed by atoms with Gasteiger partial charge in [-0.1, -0.05) is 19.6 Å². The molecule has 2 rings (SSSR count). The van der Waals surface area contributed by atoms with Gasteiger partial charge in [-0.25, -0.2) is 0 Å². The molecule has 0 unspecified atom stereocenters. The molecule has 2 nitrogen and oxygen atoms in total. The van der Waals surface area contributed by atoms with E-state index in [-0.39, 0.29) is 0 Å². The van der Waals surface area contributed by atoms with Gasteiger partial charge in [0.1, 0.15) is 0 Å². The molecule has 2 aromatic rings. The highest BCUT2D eigenvalue weighted by Gasteiger charge is 2.17. The predicted molar refractivity (Wildman–Crippen MR) is 79.3 cm³/mol. The van der Waals surface area contributed by atoms with E-state index in [9.17, 15) is 0 Å². The Labute approximate surface area is 110 Å². The molecule has 0 atom stereocenters. The topological polar surface area (TPSA) is 25.8 Å². The second kappa shape index (κ2) is 5.02. The van der Waals surface area contributed by atoms with Crippen LogP contribution >= 0.6 is 0 Å². The molecule has 0 spiro atoms. The van der Waals surface area contributed by atoms with Gasteiger partial charge in [0.15, 0.2) is 0 Å². The molecule has 0 saturated heterocycles. The van der Waals surface area contributed by atoms with Crippen molar-refractivity contribution in [2.75, 3.05) is 0 Å².